The maximum Gasteiger partial charge on any atom is 0.322 e. The van der Waals surface area contributed by atoms with Crippen LogP contribution in [-0.2, 0) is 14.8 Å². The quantitative estimate of drug-likeness (QED) is 0.869. The van der Waals surface area contributed by atoms with Crippen LogP contribution in [0.5, 0.6) is 0 Å². The molecular formula is C12H12BrF2NO4S. The van der Waals surface area contributed by atoms with E-state index >= 15 is 0 Å². The SMILES string of the molecule is O=C(O)C1CCCCN1S(=O)(=O)c1c(F)cc(F)cc1Br. The number of sulfonamides is 1. The number of rotatable bonds is 3. The Morgan fingerprint density at radius 1 is 1.33 bits per heavy atom. The van der Waals surface area contributed by atoms with E-state index < -0.39 is 38.6 Å². The molecule has 0 saturated carbocycles. The largest absolute Gasteiger partial charge is 0.480 e. The number of benzene rings is 1. The number of halogens is 3. The molecule has 1 unspecified atom stereocenters. The van der Waals surface area contributed by atoms with Crippen molar-refractivity contribution in [1.82, 2.24) is 4.31 Å². The Bertz CT molecular complexity index is 657. The van der Waals surface area contributed by atoms with Gasteiger partial charge >= 0.3 is 5.97 Å². The lowest BCUT2D eigenvalue weighted by molar-refractivity contribution is -0.142. The molecule has 1 N–H and O–H groups in total. The summed E-state index contributed by atoms with van der Waals surface area (Å²) in [6, 6.07) is 0.0488. The summed E-state index contributed by atoms with van der Waals surface area (Å²) < 4.78 is 52.5. The molecule has 21 heavy (non-hydrogen) atoms. The Morgan fingerprint density at radius 3 is 2.57 bits per heavy atom. The highest BCUT2D eigenvalue weighted by molar-refractivity contribution is 9.10. The summed E-state index contributed by atoms with van der Waals surface area (Å²) in [4.78, 5) is 10.5. The van der Waals surface area contributed by atoms with Gasteiger partial charge in [-0.05, 0) is 41.3 Å². The smallest absolute Gasteiger partial charge is 0.322 e. The maximum atomic E-state index is 13.9. The van der Waals surface area contributed by atoms with Crippen molar-refractivity contribution in [3.05, 3.63) is 28.2 Å². The van der Waals surface area contributed by atoms with Gasteiger partial charge in [0.05, 0.1) is 0 Å². The molecule has 1 atom stereocenters. The Hall–Kier alpha value is -1.06. The molecule has 5 nitrogen and oxygen atoms in total. The van der Waals surface area contributed by atoms with Gasteiger partial charge in [0.25, 0.3) is 0 Å². The van der Waals surface area contributed by atoms with E-state index in [-0.39, 0.29) is 17.4 Å². The number of carboxylic acids is 1. The highest BCUT2D eigenvalue weighted by Gasteiger charge is 2.39. The van der Waals surface area contributed by atoms with Crippen molar-refractivity contribution < 1.29 is 27.1 Å². The molecule has 1 heterocycles. The van der Waals surface area contributed by atoms with Crippen molar-refractivity contribution in [2.45, 2.75) is 30.2 Å². The van der Waals surface area contributed by atoms with Gasteiger partial charge < -0.3 is 5.11 Å². The van der Waals surface area contributed by atoms with Crippen LogP contribution in [0.1, 0.15) is 19.3 Å². The second kappa shape index (κ2) is 5.98. The molecule has 1 aromatic carbocycles. The van der Waals surface area contributed by atoms with Crippen molar-refractivity contribution in [1.29, 1.82) is 0 Å². The predicted molar refractivity (Wildman–Crippen MR) is 73.2 cm³/mol. The van der Waals surface area contributed by atoms with Crippen LogP contribution in [-0.4, -0.2) is 36.4 Å². The van der Waals surface area contributed by atoms with Gasteiger partial charge in [-0.2, -0.15) is 4.31 Å². The van der Waals surface area contributed by atoms with E-state index in [1.54, 1.807) is 0 Å². The number of hydrogen-bond acceptors (Lipinski definition) is 3. The average molecular weight is 384 g/mol. The van der Waals surface area contributed by atoms with Crippen molar-refractivity contribution in [3.8, 4) is 0 Å². The molecule has 0 aliphatic carbocycles. The highest BCUT2D eigenvalue weighted by atomic mass is 79.9. The lowest BCUT2D eigenvalue weighted by atomic mass is 10.1. The minimum atomic E-state index is -4.37. The summed E-state index contributed by atoms with van der Waals surface area (Å²) in [6.07, 6.45) is 1.23. The molecule has 116 valence electrons. The first kappa shape index (κ1) is 16.3. The number of carbonyl (C=O) groups is 1. The fourth-order valence-corrected chi connectivity index (χ4v) is 5.10. The molecule has 9 heteroatoms. The summed E-state index contributed by atoms with van der Waals surface area (Å²) in [5, 5.41) is 9.13. The molecule has 1 saturated heterocycles. The maximum absolute atomic E-state index is 13.9. The second-order valence-corrected chi connectivity index (χ2v) is 7.35. The molecule has 1 aliphatic heterocycles. The fraction of sp³-hybridized carbons (Fsp3) is 0.417. The number of piperidine rings is 1. The van der Waals surface area contributed by atoms with Gasteiger partial charge in [0.15, 0.2) is 0 Å². The van der Waals surface area contributed by atoms with Crippen LogP contribution >= 0.6 is 15.9 Å². The van der Waals surface area contributed by atoms with Crippen molar-refractivity contribution in [2.75, 3.05) is 6.54 Å². The first-order valence-corrected chi connectivity index (χ1v) is 8.37. The summed E-state index contributed by atoms with van der Waals surface area (Å²) >= 11 is 2.82. The predicted octanol–water partition coefficient (Wildman–Crippen LogP) is 2.36. The van der Waals surface area contributed by atoms with E-state index in [2.05, 4.69) is 15.9 Å². The third-order valence-electron chi connectivity index (χ3n) is 3.27. The van der Waals surface area contributed by atoms with Crippen molar-refractivity contribution in [2.24, 2.45) is 0 Å². The average Bonchev–Trinajstić information content (AvgIpc) is 2.37. The molecule has 0 radical (unpaired) electrons. The monoisotopic (exact) mass is 383 g/mol. The molecule has 1 aromatic rings. The van der Waals surface area contributed by atoms with Gasteiger partial charge in [0.1, 0.15) is 22.6 Å². The third kappa shape index (κ3) is 3.09. The van der Waals surface area contributed by atoms with E-state index in [1.165, 1.54) is 0 Å². The number of hydrogen-bond donors (Lipinski definition) is 1. The molecule has 1 fully saturated rings. The number of carboxylic acid groups (broad SMARTS) is 1. The number of aliphatic carboxylic acids is 1. The van der Waals surface area contributed by atoms with Crippen LogP contribution in [0.4, 0.5) is 8.78 Å². The Labute approximate surface area is 128 Å². The molecule has 0 bridgehead atoms. The van der Waals surface area contributed by atoms with Crippen LogP contribution in [0, 0.1) is 11.6 Å². The normalized spacial score (nSPS) is 20.4. The minimum absolute atomic E-state index is 0.0114. The summed E-state index contributed by atoms with van der Waals surface area (Å²) in [5.41, 5.74) is 0. The molecule has 0 spiro atoms. The molecule has 2 rings (SSSR count). The summed E-state index contributed by atoms with van der Waals surface area (Å²) in [7, 11) is -4.37. The Morgan fingerprint density at radius 2 is 2.00 bits per heavy atom. The Balaban J connectivity index is 2.53. The van der Waals surface area contributed by atoms with E-state index in [9.17, 15) is 22.0 Å². The van der Waals surface area contributed by atoms with Gasteiger partial charge in [-0.15, -0.1) is 0 Å². The van der Waals surface area contributed by atoms with Gasteiger partial charge in [-0.3, -0.25) is 4.79 Å². The van der Waals surface area contributed by atoms with Crippen LogP contribution in [0.25, 0.3) is 0 Å². The molecular weight excluding hydrogens is 372 g/mol. The zero-order valence-electron chi connectivity index (χ0n) is 10.7. The number of nitrogens with zero attached hydrogens (tertiary/aromatic N) is 1. The molecule has 1 aliphatic rings. The zero-order valence-corrected chi connectivity index (χ0v) is 13.1. The van der Waals surface area contributed by atoms with Crippen molar-refractivity contribution >= 4 is 31.9 Å². The van der Waals surface area contributed by atoms with E-state index in [4.69, 9.17) is 5.11 Å². The van der Waals surface area contributed by atoms with Gasteiger partial charge in [-0.1, -0.05) is 0 Å². The van der Waals surface area contributed by atoms with Crippen molar-refractivity contribution in [3.63, 3.8) is 0 Å². The first-order chi connectivity index (χ1) is 9.75. The van der Waals surface area contributed by atoms with E-state index in [0.717, 1.165) is 10.4 Å². The lowest BCUT2D eigenvalue weighted by Gasteiger charge is -2.32. The zero-order chi connectivity index (χ0) is 15.8. The van der Waals surface area contributed by atoms with Gasteiger partial charge in [0.2, 0.25) is 10.0 Å². The molecule has 0 amide bonds. The highest BCUT2D eigenvalue weighted by Crippen LogP contribution is 2.32. The lowest BCUT2D eigenvalue weighted by Crippen LogP contribution is -2.48. The third-order valence-corrected chi connectivity index (χ3v) is 6.14. The topological polar surface area (TPSA) is 74.7 Å². The van der Waals surface area contributed by atoms with Crippen LogP contribution in [0.15, 0.2) is 21.5 Å². The van der Waals surface area contributed by atoms with Crippen LogP contribution in [0.2, 0.25) is 0 Å². The minimum Gasteiger partial charge on any atom is -0.480 e. The summed E-state index contributed by atoms with van der Waals surface area (Å²) in [6.45, 7) is -0.0114. The van der Waals surface area contributed by atoms with E-state index in [0.29, 0.717) is 18.9 Å². The van der Waals surface area contributed by atoms with E-state index in [1.807, 2.05) is 0 Å². The summed E-state index contributed by atoms with van der Waals surface area (Å²) in [5.74, 6) is -3.46. The van der Waals surface area contributed by atoms with Gasteiger partial charge in [0, 0.05) is 17.1 Å². The molecule has 0 aromatic heterocycles. The Kier molecular flexibility index (Phi) is 4.64. The van der Waals surface area contributed by atoms with Crippen LogP contribution in [0.3, 0.4) is 0 Å². The standard InChI is InChI=1S/C12H12BrF2NO4S/c13-8-5-7(14)6-9(15)11(8)21(19,20)16-4-2-1-3-10(16)12(17)18/h5-6,10H,1-4H2,(H,17,18). The first-order valence-electron chi connectivity index (χ1n) is 6.14. The van der Waals surface area contributed by atoms with Crippen LogP contribution < -0.4 is 0 Å². The van der Waals surface area contributed by atoms with Gasteiger partial charge in [-0.25, -0.2) is 17.2 Å². The second-order valence-electron chi connectivity index (χ2n) is 4.66. The fourth-order valence-electron chi connectivity index (χ4n) is 2.33.